The molecular weight excluding hydrogens is 433 g/mol. The first kappa shape index (κ1) is 19.3. The van der Waals surface area contributed by atoms with Crippen LogP contribution in [0.4, 0.5) is 5.69 Å². The smallest absolute Gasteiger partial charge is 0.115 e. The second-order valence-electron chi connectivity index (χ2n) is 4.37. The normalized spacial score (nSPS) is 10.4. The van der Waals surface area contributed by atoms with Crippen molar-refractivity contribution in [3.8, 4) is 11.5 Å². The Morgan fingerprint density at radius 1 is 1.09 bits per heavy atom. The number of carbonyl (C=O) groups excluding carboxylic acids is 1. The number of aromatic hydroxyl groups is 2. The molecule has 0 saturated carbocycles. The van der Waals surface area contributed by atoms with E-state index in [2.05, 4.69) is 21.2 Å². The van der Waals surface area contributed by atoms with Crippen LogP contribution < -0.4 is 9.67 Å². The fourth-order valence-electron chi connectivity index (χ4n) is 1.52. The van der Waals surface area contributed by atoms with Crippen molar-refractivity contribution in [1.82, 2.24) is 0 Å². The maximum atomic E-state index is 11.1. The number of phenols is 2. The van der Waals surface area contributed by atoms with E-state index in [9.17, 15) is 13.6 Å². The summed E-state index contributed by atoms with van der Waals surface area (Å²) >= 11 is -1.91. The van der Waals surface area contributed by atoms with E-state index >= 15 is 0 Å². The summed E-state index contributed by atoms with van der Waals surface area (Å²) in [6.45, 7) is 1.18. The quantitative estimate of drug-likeness (QED) is 0.346. The first-order valence-electron chi connectivity index (χ1n) is 6.21. The number of phenolic OH excluding ortho intramolecular Hbond substituents is 2. The number of para-hydroxylation sites is 1. The Morgan fingerprint density at radius 3 is 2.09 bits per heavy atom. The van der Waals surface area contributed by atoms with Crippen molar-refractivity contribution in [1.29, 1.82) is 0 Å². The third-order valence-corrected chi connectivity index (χ3v) is 5.09. The summed E-state index contributed by atoms with van der Waals surface area (Å²) in [4.78, 5) is 10.8. The molecule has 0 spiro atoms. The number of benzene rings is 2. The van der Waals surface area contributed by atoms with E-state index < -0.39 is 20.1 Å². The van der Waals surface area contributed by atoms with E-state index in [1.807, 2.05) is 0 Å². The number of hydrogen-bond acceptors (Lipinski definition) is 4. The molecular formula is C14H15AsBrNO6. The van der Waals surface area contributed by atoms with Gasteiger partial charge in [0.25, 0.3) is 0 Å². The summed E-state index contributed by atoms with van der Waals surface area (Å²) in [5, 5.41) is 20.3. The zero-order valence-corrected chi connectivity index (χ0v) is 15.4. The Balaban J connectivity index is 0.000000277. The molecule has 0 saturated heterocycles. The number of hydrogen-bond donors (Lipinski definition) is 5. The largest absolute Gasteiger partial charge is 0.508 e. The average molecular weight is 448 g/mol. The van der Waals surface area contributed by atoms with Crippen LogP contribution >= 0.6 is 15.9 Å². The summed E-state index contributed by atoms with van der Waals surface area (Å²) in [5.74, 6) is -0.581. The SMILES string of the molecule is CC(=O)Nc1c(O)cccc1[As](=O)(O)O.Oc1ccc(Br)cc1. The average Bonchev–Trinajstić information content (AvgIpc) is 2.43. The second-order valence-corrected chi connectivity index (χ2v) is 8.58. The first-order chi connectivity index (χ1) is 10.6. The molecule has 0 aliphatic rings. The van der Waals surface area contributed by atoms with Crippen LogP contribution in [0, 0.1) is 0 Å². The van der Waals surface area contributed by atoms with Gasteiger partial charge in [-0.15, -0.1) is 0 Å². The number of rotatable bonds is 2. The van der Waals surface area contributed by atoms with Crippen LogP contribution in [0.25, 0.3) is 0 Å². The maximum Gasteiger partial charge on any atom is 0.115 e. The molecule has 0 unspecified atom stereocenters. The monoisotopic (exact) mass is 447 g/mol. The van der Waals surface area contributed by atoms with Crippen molar-refractivity contribution in [2.24, 2.45) is 0 Å². The van der Waals surface area contributed by atoms with E-state index in [0.29, 0.717) is 5.75 Å². The Labute approximate surface area is 143 Å². The van der Waals surface area contributed by atoms with E-state index in [1.54, 1.807) is 24.3 Å². The maximum absolute atomic E-state index is 11.1. The molecule has 0 heterocycles. The van der Waals surface area contributed by atoms with E-state index in [0.717, 1.165) is 4.47 Å². The van der Waals surface area contributed by atoms with Crippen LogP contribution in [0.15, 0.2) is 46.9 Å². The molecule has 0 radical (unpaired) electrons. The standard InChI is InChI=1S/C8H10AsNO5.C6H5BrO/c1-5(11)10-8-6(9(13,14)15)3-2-4-7(8)12;7-5-1-3-6(8)4-2-5/h2-4,12H,1H3,(H,10,11)(H2,13,14,15);1-4,8H. The molecule has 1 amide bonds. The minimum absolute atomic E-state index is 0.225. The number of amides is 1. The van der Waals surface area contributed by atoms with Gasteiger partial charge in [-0.05, 0) is 24.3 Å². The van der Waals surface area contributed by atoms with Crippen LogP contribution in [0.2, 0.25) is 0 Å². The molecule has 9 heteroatoms. The molecule has 2 aromatic rings. The summed E-state index contributed by atoms with van der Waals surface area (Å²) < 4.78 is 29.8. The predicted molar refractivity (Wildman–Crippen MR) is 88.7 cm³/mol. The zero-order valence-electron chi connectivity index (χ0n) is 12.0. The van der Waals surface area contributed by atoms with E-state index in [-0.39, 0.29) is 15.8 Å². The molecule has 0 aromatic heterocycles. The van der Waals surface area contributed by atoms with Crippen molar-refractivity contribution in [2.75, 3.05) is 5.32 Å². The van der Waals surface area contributed by atoms with E-state index in [1.165, 1.54) is 25.1 Å². The molecule has 23 heavy (non-hydrogen) atoms. The number of halogens is 1. The molecule has 0 aliphatic heterocycles. The summed E-state index contributed by atoms with van der Waals surface area (Å²) in [7, 11) is 0. The zero-order chi connectivity index (χ0) is 17.6. The van der Waals surface area contributed by atoms with Crippen molar-refractivity contribution in [3.63, 3.8) is 0 Å². The van der Waals surface area contributed by atoms with Crippen molar-refractivity contribution in [3.05, 3.63) is 46.9 Å². The molecule has 0 atom stereocenters. The van der Waals surface area contributed by atoms with Gasteiger partial charge in [0.1, 0.15) is 5.75 Å². The molecule has 7 nitrogen and oxygen atoms in total. The Kier molecular flexibility index (Phi) is 6.90. The van der Waals surface area contributed by atoms with Gasteiger partial charge in [-0.2, -0.15) is 0 Å². The molecule has 2 aromatic carbocycles. The topological polar surface area (TPSA) is 127 Å². The predicted octanol–water partition coefficient (Wildman–Crippen LogP) is 1.07. The van der Waals surface area contributed by atoms with Gasteiger partial charge in [-0.1, -0.05) is 15.9 Å². The minimum atomic E-state index is -5.14. The van der Waals surface area contributed by atoms with Gasteiger partial charge in [0, 0.05) is 4.47 Å². The van der Waals surface area contributed by atoms with Crippen LogP contribution in [0.1, 0.15) is 6.92 Å². The second kappa shape index (κ2) is 8.21. The molecule has 0 bridgehead atoms. The summed E-state index contributed by atoms with van der Waals surface area (Å²) in [6.07, 6.45) is 0. The van der Waals surface area contributed by atoms with Crippen LogP contribution in [-0.4, -0.2) is 38.5 Å². The fourth-order valence-corrected chi connectivity index (χ4v) is 3.34. The van der Waals surface area contributed by atoms with Gasteiger partial charge in [0.05, 0.1) is 0 Å². The minimum Gasteiger partial charge on any atom is -0.508 e. The van der Waals surface area contributed by atoms with Crippen LogP contribution in [0.5, 0.6) is 11.5 Å². The first-order valence-corrected chi connectivity index (χ1v) is 10.4. The van der Waals surface area contributed by atoms with Crippen molar-refractivity contribution >= 4 is 46.0 Å². The molecule has 0 aliphatic carbocycles. The van der Waals surface area contributed by atoms with Gasteiger partial charge in [0.15, 0.2) is 0 Å². The van der Waals surface area contributed by atoms with Crippen LogP contribution in [-0.2, 0) is 8.53 Å². The third-order valence-electron chi connectivity index (χ3n) is 2.46. The van der Waals surface area contributed by atoms with Gasteiger partial charge in [-0.3, -0.25) is 0 Å². The molecule has 124 valence electrons. The number of nitrogens with one attached hydrogen (secondary N) is 1. The van der Waals surface area contributed by atoms with Gasteiger partial charge in [-0.25, -0.2) is 0 Å². The van der Waals surface area contributed by atoms with Crippen LogP contribution in [0.3, 0.4) is 0 Å². The Bertz CT molecular complexity index is 708. The molecule has 5 N–H and O–H groups in total. The van der Waals surface area contributed by atoms with Gasteiger partial charge >= 0.3 is 88.1 Å². The summed E-state index contributed by atoms with van der Waals surface area (Å²) in [5.41, 5.74) is -0.225. The number of anilines is 1. The van der Waals surface area contributed by atoms with Gasteiger partial charge in [0.2, 0.25) is 0 Å². The van der Waals surface area contributed by atoms with Crippen molar-refractivity contribution < 1.29 is 26.9 Å². The Hall–Kier alpha value is -1.73. The molecule has 0 fully saturated rings. The Morgan fingerprint density at radius 2 is 1.65 bits per heavy atom. The molecule has 2 rings (SSSR count). The number of carbonyl (C=O) groups is 1. The van der Waals surface area contributed by atoms with E-state index in [4.69, 9.17) is 13.3 Å². The van der Waals surface area contributed by atoms with Crippen molar-refractivity contribution in [2.45, 2.75) is 6.92 Å². The van der Waals surface area contributed by atoms with Gasteiger partial charge < -0.3 is 5.11 Å². The third kappa shape index (κ3) is 6.50. The fraction of sp³-hybridized carbons (Fsp3) is 0.0714. The summed E-state index contributed by atoms with van der Waals surface area (Å²) in [6, 6.07) is 10.5.